The van der Waals surface area contributed by atoms with Crippen molar-refractivity contribution in [1.82, 2.24) is 10.6 Å². The third-order valence-electron chi connectivity index (χ3n) is 14.3. The molecule has 4 aromatic rings. The zero-order chi connectivity index (χ0) is 53.0. The second-order valence-corrected chi connectivity index (χ2v) is 20.8. The molecule has 5 rings (SSSR count). The minimum Gasteiger partial charge on any atom is -0.490 e. The molecule has 1 heterocycles. The van der Waals surface area contributed by atoms with Gasteiger partial charge in [0.1, 0.15) is 17.9 Å². The summed E-state index contributed by atoms with van der Waals surface area (Å²) >= 11 is 0. The quantitative estimate of drug-likeness (QED) is 0.0258. The van der Waals surface area contributed by atoms with Gasteiger partial charge in [-0.1, -0.05) is 255 Å². The first kappa shape index (κ1) is 60.3. The molecular formula is C66H94N2O7. The van der Waals surface area contributed by atoms with Crippen LogP contribution in [0.3, 0.4) is 0 Å². The van der Waals surface area contributed by atoms with E-state index in [1.54, 1.807) is 0 Å². The largest absolute Gasteiger partial charge is 0.490 e. The van der Waals surface area contributed by atoms with Crippen LogP contribution in [0, 0.1) is 0 Å². The number of hydrogen-bond acceptors (Lipinski definition) is 7. The van der Waals surface area contributed by atoms with Gasteiger partial charge in [-0.3, -0.25) is 20.2 Å². The molecule has 1 aliphatic rings. The third kappa shape index (κ3) is 23.5. The molecule has 0 bridgehead atoms. The number of unbranched alkanes of at least 4 members (excludes halogenated alkanes) is 27. The number of nitrogens with one attached hydrogen (secondary N) is 2. The van der Waals surface area contributed by atoms with Crippen molar-refractivity contribution in [3.8, 4) is 45.3 Å². The van der Waals surface area contributed by atoms with Gasteiger partial charge in [0.2, 0.25) is 5.75 Å². The lowest BCUT2D eigenvalue weighted by Gasteiger charge is -2.19. The van der Waals surface area contributed by atoms with E-state index in [9.17, 15) is 14.4 Å². The number of carbonyl (C=O) groups excluding carboxylic acids is 3. The molecule has 0 spiro atoms. The lowest BCUT2D eigenvalue weighted by molar-refractivity contribution is -0.123. The highest BCUT2D eigenvalue weighted by Gasteiger charge is 2.27. The van der Waals surface area contributed by atoms with Crippen molar-refractivity contribution in [2.24, 2.45) is 0 Å². The Balaban J connectivity index is 1.25. The van der Waals surface area contributed by atoms with Crippen LogP contribution in [0.1, 0.15) is 225 Å². The van der Waals surface area contributed by atoms with E-state index in [4.69, 9.17) is 18.9 Å². The second kappa shape index (κ2) is 37.2. The van der Waals surface area contributed by atoms with E-state index >= 15 is 0 Å². The Morgan fingerprint density at radius 3 is 1.16 bits per heavy atom. The number of urea groups is 1. The molecule has 1 fully saturated rings. The molecule has 9 heteroatoms. The van der Waals surface area contributed by atoms with E-state index in [-0.39, 0.29) is 5.57 Å². The van der Waals surface area contributed by atoms with Gasteiger partial charge in [-0.2, -0.15) is 0 Å². The smallest absolute Gasteiger partial charge is 0.328 e. The normalized spacial score (nSPS) is 12.4. The fraction of sp³-hybridized carbons (Fsp3) is 0.561. The number of rotatable bonds is 42. The van der Waals surface area contributed by atoms with Crippen LogP contribution in [0.5, 0.6) is 23.0 Å². The van der Waals surface area contributed by atoms with Gasteiger partial charge in [-0.05, 0) is 83.0 Å². The summed E-state index contributed by atoms with van der Waals surface area (Å²) in [5.74, 6) is 1.54. The predicted molar refractivity (Wildman–Crippen MR) is 310 cm³/mol. The number of imide groups is 2. The zero-order valence-electron chi connectivity index (χ0n) is 46.6. The van der Waals surface area contributed by atoms with E-state index in [0.717, 1.165) is 89.3 Å². The van der Waals surface area contributed by atoms with Crippen molar-refractivity contribution in [3.05, 3.63) is 102 Å². The van der Waals surface area contributed by atoms with Crippen molar-refractivity contribution in [3.63, 3.8) is 0 Å². The minimum atomic E-state index is -0.818. The van der Waals surface area contributed by atoms with Gasteiger partial charge >= 0.3 is 6.03 Å². The predicted octanol–water partition coefficient (Wildman–Crippen LogP) is 18.2. The van der Waals surface area contributed by atoms with E-state index in [0.29, 0.717) is 32.0 Å². The topological polar surface area (TPSA) is 112 Å². The van der Waals surface area contributed by atoms with E-state index < -0.39 is 17.8 Å². The summed E-state index contributed by atoms with van der Waals surface area (Å²) in [6, 6.07) is 27.4. The van der Waals surface area contributed by atoms with Gasteiger partial charge in [0.25, 0.3) is 11.8 Å². The highest BCUT2D eigenvalue weighted by Crippen LogP contribution is 2.40. The molecule has 4 amide bonds. The summed E-state index contributed by atoms with van der Waals surface area (Å²) in [7, 11) is 0. The number of carbonyl (C=O) groups is 3. The van der Waals surface area contributed by atoms with Gasteiger partial charge in [0.05, 0.1) is 19.8 Å². The maximum Gasteiger partial charge on any atom is 0.328 e. The molecule has 4 aromatic carbocycles. The fourth-order valence-corrected chi connectivity index (χ4v) is 9.79. The molecule has 0 atom stereocenters. The van der Waals surface area contributed by atoms with E-state index in [1.807, 2.05) is 48.5 Å². The molecule has 0 aliphatic carbocycles. The van der Waals surface area contributed by atoms with Crippen LogP contribution in [-0.4, -0.2) is 37.7 Å². The monoisotopic (exact) mass is 1030 g/mol. The molecule has 0 unspecified atom stereocenters. The van der Waals surface area contributed by atoms with Gasteiger partial charge in [-0.25, -0.2) is 4.79 Å². The average molecular weight is 1030 g/mol. The highest BCUT2D eigenvalue weighted by atomic mass is 16.5. The van der Waals surface area contributed by atoms with Crippen molar-refractivity contribution < 1.29 is 33.3 Å². The molecule has 2 N–H and O–H groups in total. The standard InChI is InChI=1S/C66H94N2O7/c1-4-7-10-13-16-19-22-25-28-33-46-72-61-50-54(51-62(73-47-34-29-26-23-20-17-14-11-8-5-2)63(61)74-48-35-30-27-24-21-18-15-12-9-6-3)52-75-57-44-42-56(43-45-57)59-37-32-31-36-58(59)55-40-38-53(39-41-55)49-60-64(69)67-66(71)68-65(60)70/h31-32,36-45,49-51H,4-30,33-35,46-48,52H2,1-3H3,(H2,67,68,69,70,71). The fourth-order valence-electron chi connectivity index (χ4n) is 9.79. The van der Waals surface area contributed by atoms with Crippen molar-refractivity contribution >= 4 is 23.9 Å². The SMILES string of the molecule is CCCCCCCCCCCCOc1cc(COc2ccc(-c3ccccc3-c3ccc(C=C4C(=O)NC(=O)NC4=O)cc3)cc2)cc(OCCCCCCCCCCCC)c1OCCCCCCCCCCCC. The summed E-state index contributed by atoms with van der Waals surface area (Å²) in [6.07, 6.45) is 39.8. The Morgan fingerprint density at radius 2 is 0.760 bits per heavy atom. The Hall–Kier alpha value is -5.57. The summed E-state index contributed by atoms with van der Waals surface area (Å²) in [4.78, 5) is 36.1. The average Bonchev–Trinajstić information content (AvgIpc) is 3.42. The minimum absolute atomic E-state index is 0.118. The first-order valence-corrected chi connectivity index (χ1v) is 29.8. The van der Waals surface area contributed by atoms with Gasteiger partial charge in [0, 0.05) is 0 Å². The molecule has 9 nitrogen and oxygen atoms in total. The second-order valence-electron chi connectivity index (χ2n) is 20.8. The van der Waals surface area contributed by atoms with Crippen LogP contribution >= 0.6 is 0 Å². The molecule has 0 aromatic heterocycles. The lowest BCUT2D eigenvalue weighted by atomic mass is 9.94. The number of ether oxygens (including phenoxy) is 4. The van der Waals surface area contributed by atoms with E-state index in [2.05, 4.69) is 67.8 Å². The summed E-state index contributed by atoms with van der Waals surface area (Å²) in [6.45, 7) is 9.10. The van der Waals surface area contributed by atoms with Crippen LogP contribution < -0.4 is 29.6 Å². The summed E-state index contributed by atoms with van der Waals surface area (Å²) in [5, 5.41) is 4.25. The van der Waals surface area contributed by atoms with Crippen LogP contribution in [0.4, 0.5) is 4.79 Å². The maximum absolute atomic E-state index is 12.3. The van der Waals surface area contributed by atoms with Crippen molar-refractivity contribution in [2.75, 3.05) is 19.8 Å². The van der Waals surface area contributed by atoms with Crippen LogP contribution in [0.25, 0.3) is 28.3 Å². The molecular weight excluding hydrogens is 933 g/mol. The Morgan fingerprint density at radius 1 is 0.400 bits per heavy atom. The first-order chi connectivity index (χ1) is 36.9. The Bertz CT molecular complexity index is 2180. The van der Waals surface area contributed by atoms with Crippen LogP contribution in [-0.2, 0) is 16.2 Å². The molecule has 1 aliphatic heterocycles. The number of amides is 4. The van der Waals surface area contributed by atoms with E-state index in [1.165, 1.54) is 160 Å². The molecule has 75 heavy (non-hydrogen) atoms. The lowest BCUT2D eigenvalue weighted by Crippen LogP contribution is -2.51. The van der Waals surface area contributed by atoms with Crippen LogP contribution in [0.15, 0.2) is 90.5 Å². The molecule has 0 saturated carbocycles. The molecule has 0 radical (unpaired) electrons. The summed E-state index contributed by atoms with van der Waals surface area (Å²) < 4.78 is 26.5. The number of barbiturate groups is 1. The molecule has 410 valence electrons. The first-order valence-electron chi connectivity index (χ1n) is 29.8. The van der Waals surface area contributed by atoms with Gasteiger partial charge < -0.3 is 18.9 Å². The van der Waals surface area contributed by atoms with Crippen LogP contribution in [0.2, 0.25) is 0 Å². The number of benzene rings is 4. The van der Waals surface area contributed by atoms with Crippen molar-refractivity contribution in [2.45, 2.75) is 220 Å². The third-order valence-corrected chi connectivity index (χ3v) is 14.3. The van der Waals surface area contributed by atoms with Crippen molar-refractivity contribution in [1.29, 1.82) is 0 Å². The molecule has 1 saturated heterocycles. The summed E-state index contributed by atoms with van der Waals surface area (Å²) in [5.41, 5.74) is 5.64. The maximum atomic E-state index is 12.3. The highest BCUT2D eigenvalue weighted by molar-refractivity contribution is 6.31. The number of hydrogen-bond donors (Lipinski definition) is 2. The Labute approximate surface area is 452 Å². The Kier molecular flexibility index (Phi) is 29.9. The van der Waals surface area contributed by atoms with Gasteiger partial charge in [-0.15, -0.1) is 0 Å². The zero-order valence-corrected chi connectivity index (χ0v) is 46.6. The van der Waals surface area contributed by atoms with Gasteiger partial charge in [0.15, 0.2) is 11.5 Å².